The molecule has 0 aliphatic carbocycles. The van der Waals surface area contributed by atoms with Crippen molar-refractivity contribution in [3.8, 4) is 0 Å². The van der Waals surface area contributed by atoms with Crippen molar-refractivity contribution in [2.75, 3.05) is 13.1 Å². The minimum absolute atomic E-state index is 0.0654. The van der Waals surface area contributed by atoms with Crippen molar-refractivity contribution in [3.63, 3.8) is 0 Å². The second kappa shape index (κ2) is 6.22. The molecule has 2 saturated heterocycles. The van der Waals surface area contributed by atoms with Crippen molar-refractivity contribution in [3.05, 3.63) is 40.8 Å². The third-order valence-electron chi connectivity index (χ3n) is 4.90. The predicted molar refractivity (Wildman–Crippen MR) is 89.1 cm³/mol. The number of carbonyl (C=O) groups is 1. The number of amides is 1. The van der Waals surface area contributed by atoms with Crippen LogP contribution in [0.25, 0.3) is 0 Å². The first-order valence-electron chi connectivity index (χ1n) is 8.67. The molecule has 2 aliphatic rings. The van der Waals surface area contributed by atoms with Gasteiger partial charge in [-0.05, 0) is 39.3 Å². The first kappa shape index (κ1) is 16.2. The fourth-order valence-corrected chi connectivity index (χ4v) is 3.92. The Bertz CT molecular complexity index is 769. The second-order valence-electron chi connectivity index (χ2n) is 7.08. The van der Waals surface area contributed by atoms with E-state index < -0.39 is 0 Å². The van der Waals surface area contributed by atoms with Crippen LogP contribution < -0.4 is 0 Å². The van der Waals surface area contributed by atoms with Gasteiger partial charge in [-0.3, -0.25) is 9.78 Å². The molecule has 3 atom stereocenters. The van der Waals surface area contributed by atoms with E-state index in [-0.39, 0.29) is 18.1 Å². The Morgan fingerprint density at radius 3 is 2.60 bits per heavy atom. The quantitative estimate of drug-likeness (QED) is 0.847. The topological polar surface area (TPSA) is 81.4 Å². The molecule has 0 radical (unpaired) electrons. The molecule has 0 spiro atoms. The Labute approximate surface area is 146 Å². The molecule has 0 bridgehead atoms. The van der Waals surface area contributed by atoms with Gasteiger partial charge in [-0.1, -0.05) is 5.16 Å². The van der Waals surface area contributed by atoms with E-state index in [0.29, 0.717) is 36.2 Å². The van der Waals surface area contributed by atoms with Crippen LogP contribution in [0.1, 0.15) is 39.9 Å². The summed E-state index contributed by atoms with van der Waals surface area (Å²) in [5.74, 6) is 1.71. The minimum Gasteiger partial charge on any atom is -0.372 e. The molecule has 4 rings (SSSR count). The fraction of sp³-hybridized carbons (Fsp3) is 0.556. The molecule has 0 saturated carbocycles. The third-order valence-corrected chi connectivity index (χ3v) is 4.90. The van der Waals surface area contributed by atoms with E-state index in [1.165, 1.54) is 0 Å². The van der Waals surface area contributed by atoms with Crippen molar-refractivity contribution in [2.24, 2.45) is 5.92 Å². The van der Waals surface area contributed by atoms with Crippen LogP contribution in [0.15, 0.2) is 16.7 Å². The highest BCUT2D eigenvalue weighted by Crippen LogP contribution is 2.34. The molecular weight excluding hydrogens is 320 g/mol. The molecule has 2 aliphatic heterocycles. The van der Waals surface area contributed by atoms with Crippen molar-refractivity contribution < 1.29 is 14.1 Å². The fourth-order valence-electron chi connectivity index (χ4n) is 3.92. The summed E-state index contributed by atoms with van der Waals surface area (Å²) in [7, 11) is 0. The smallest absolute Gasteiger partial charge is 0.254 e. The van der Waals surface area contributed by atoms with E-state index >= 15 is 0 Å². The van der Waals surface area contributed by atoms with Crippen LogP contribution >= 0.6 is 0 Å². The molecule has 0 aromatic carbocycles. The third kappa shape index (κ3) is 3.28. The normalized spacial score (nSPS) is 25.4. The molecule has 2 aromatic heterocycles. The molecule has 4 heterocycles. The molecule has 2 aromatic rings. The van der Waals surface area contributed by atoms with Gasteiger partial charge in [0.05, 0.1) is 18.6 Å². The predicted octanol–water partition coefficient (Wildman–Crippen LogP) is 1.86. The first-order valence-corrected chi connectivity index (χ1v) is 8.67. The Morgan fingerprint density at radius 1 is 1.20 bits per heavy atom. The monoisotopic (exact) mass is 342 g/mol. The summed E-state index contributed by atoms with van der Waals surface area (Å²) in [6.45, 7) is 7.01. The molecule has 7 heteroatoms. The standard InChI is InChI=1S/C18H22N4O3/c1-10-4-13(5-11(2)19-10)18(23)22-8-14-6-15(24-16(14)9-22)7-17-20-12(3)21-25-17/h4-5,14-16H,6-9H2,1-3H3/t14-,15-,16+/m0/s1. The van der Waals surface area contributed by atoms with Crippen molar-refractivity contribution in [2.45, 2.75) is 45.8 Å². The van der Waals surface area contributed by atoms with Gasteiger partial charge in [0.25, 0.3) is 5.91 Å². The molecule has 1 amide bonds. The van der Waals surface area contributed by atoms with Crippen molar-refractivity contribution in [1.82, 2.24) is 20.0 Å². The number of likely N-dealkylation sites (tertiary alicyclic amines) is 1. The molecule has 132 valence electrons. The Kier molecular flexibility index (Phi) is 4.03. The summed E-state index contributed by atoms with van der Waals surface area (Å²) in [6, 6.07) is 3.70. The zero-order chi connectivity index (χ0) is 17.6. The van der Waals surface area contributed by atoms with Crippen LogP contribution in [0.4, 0.5) is 0 Å². The maximum Gasteiger partial charge on any atom is 0.254 e. The van der Waals surface area contributed by atoms with Crippen molar-refractivity contribution in [1.29, 1.82) is 0 Å². The summed E-state index contributed by atoms with van der Waals surface area (Å²) >= 11 is 0. The molecule has 2 fully saturated rings. The summed E-state index contributed by atoms with van der Waals surface area (Å²) in [5, 5.41) is 3.81. The number of aryl methyl sites for hydroxylation is 3. The van der Waals surface area contributed by atoms with Crippen LogP contribution in [0.5, 0.6) is 0 Å². The number of fused-ring (bicyclic) bond motifs is 1. The van der Waals surface area contributed by atoms with Gasteiger partial charge >= 0.3 is 0 Å². The lowest BCUT2D eigenvalue weighted by Gasteiger charge is -2.19. The van der Waals surface area contributed by atoms with Gasteiger partial charge in [0, 0.05) is 36.0 Å². The van der Waals surface area contributed by atoms with E-state index in [9.17, 15) is 4.79 Å². The lowest BCUT2D eigenvalue weighted by Crippen LogP contribution is -2.31. The zero-order valence-corrected chi connectivity index (χ0v) is 14.7. The average Bonchev–Trinajstić information content (AvgIpc) is 3.20. The van der Waals surface area contributed by atoms with Crippen LogP contribution in [-0.4, -0.2) is 51.2 Å². The highest BCUT2D eigenvalue weighted by atomic mass is 16.5. The Hall–Kier alpha value is -2.28. The van der Waals surface area contributed by atoms with E-state index in [2.05, 4.69) is 15.1 Å². The number of ether oxygens (including phenoxy) is 1. The van der Waals surface area contributed by atoms with E-state index in [0.717, 1.165) is 24.4 Å². The van der Waals surface area contributed by atoms with Crippen LogP contribution in [0, 0.1) is 26.7 Å². The van der Waals surface area contributed by atoms with E-state index in [1.54, 1.807) is 0 Å². The number of rotatable bonds is 3. The average molecular weight is 342 g/mol. The summed E-state index contributed by atoms with van der Waals surface area (Å²) in [4.78, 5) is 23.2. The number of carbonyl (C=O) groups excluding carboxylic acids is 1. The van der Waals surface area contributed by atoms with Gasteiger partial charge in [-0.2, -0.15) is 4.98 Å². The first-order chi connectivity index (χ1) is 12.0. The molecule has 7 nitrogen and oxygen atoms in total. The van der Waals surface area contributed by atoms with Gasteiger partial charge in [0.1, 0.15) is 0 Å². The van der Waals surface area contributed by atoms with Gasteiger partial charge < -0.3 is 14.2 Å². The molecule has 25 heavy (non-hydrogen) atoms. The number of pyridine rings is 1. The van der Waals surface area contributed by atoms with Crippen LogP contribution in [0.3, 0.4) is 0 Å². The minimum atomic E-state index is 0.0654. The second-order valence-corrected chi connectivity index (χ2v) is 7.08. The highest BCUT2D eigenvalue weighted by Gasteiger charge is 2.43. The summed E-state index contributed by atoms with van der Waals surface area (Å²) < 4.78 is 11.3. The van der Waals surface area contributed by atoms with Gasteiger partial charge in [-0.25, -0.2) is 0 Å². The van der Waals surface area contributed by atoms with Crippen molar-refractivity contribution >= 4 is 5.91 Å². The number of hydrogen-bond donors (Lipinski definition) is 0. The van der Waals surface area contributed by atoms with Gasteiger partial charge in [-0.15, -0.1) is 0 Å². The Morgan fingerprint density at radius 2 is 1.96 bits per heavy atom. The highest BCUT2D eigenvalue weighted by molar-refractivity contribution is 5.94. The summed E-state index contributed by atoms with van der Waals surface area (Å²) in [6.07, 6.45) is 1.76. The SMILES string of the molecule is Cc1cc(C(=O)N2C[C@@H]3C[C@@H](Cc4nc(C)no4)O[C@@H]3C2)cc(C)n1. The molecule has 0 N–H and O–H groups in total. The number of nitrogens with zero attached hydrogens (tertiary/aromatic N) is 4. The zero-order valence-electron chi connectivity index (χ0n) is 14.7. The van der Waals surface area contributed by atoms with Gasteiger partial charge in [0.2, 0.25) is 5.89 Å². The largest absolute Gasteiger partial charge is 0.372 e. The van der Waals surface area contributed by atoms with E-state index in [4.69, 9.17) is 9.26 Å². The van der Waals surface area contributed by atoms with E-state index in [1.807, 2.05) is 37.8 Å². The maximum absolute atomic E-state index is 12.8. The summed E-state index contributed by atoms with van der Waals surface area (Å²) in [5.41, 5.74) is 2.45. The molecular formula is C18H22N4O3. The maximum atomic E-state index is 12.8. The van der Waals surface area contributed by atoms with Crippen LogP contribution in [-0.2, 0) is 11.2 Å². The molecule has 0 unspecified atom stereocenters. The van der Waals surface area contributed by atoms with Gasteiger partial charge in [0.15, 0.2) is 5.82 Å². The number of aromatic nitrogens is 3. The Balaban J connectivity index is 1.38. The number of hydrogen-bond acceptors (Lipinski definition) is 6. The lowest BCUT2D eigenvalue weighted by molar-refractivity contribution is 0.0330. The lowest BCUT2D eigenvalue weighted by atomic mass is 10.0. The van der Waals surface area contributed by atoms with Crippen LogP contribution in [0.2, 0.25) is 0 Å².